The second-order valence-electron chi connectivity index (χ2n) is 11.0. The molecule has 0 heterocycles. The number of rotatable bonds is 31. The molecule has 0 saturated heterocycles. The number of unbranched alkanes of at least 4 members (excludes halogenated alkanes) is 16. The molecular weight excluding hydrogens is 557 g/mol. The molecule has 0 aliphatic carbocycles. The third-order valence-electron chi connectivity index (χ3n) is 6.88. The minimum absolute atomic E-state index is 0.0541. The third-order valence-corrected chi connectivity index (χ3v) is 7.87. The first-order valence-electron chi connectivity index (χ1n) is 16.7. The summed E-state index contributed by atoms with van der Waals surface area (Å²) in [7, 11) is -4.36. The number of allylic oxidation sites excluding steroid dienone is 2. The first-order chi connectivity index (χ1) is 20.3. The average molecular weight is 620 g/mol. The Morgan fingerprint density at radius 1 is 0.690 bits per heavy atom. The molecule has 0 saturated carbocycles. The van der Waals surface area contributed by atoms with Crippen molar-refractivity contribution in [3.05, 3.63) is 12.2 Å². The Morgan fingerprint density at radius 3 is 1.79 bits per heavy atom. The average Bonchev–Trinajstić information content (AvgIpc) is 2.97. The maximum atomic E-state index is 12.4. The zero-order valence-electron chi connectivity index (χ0n) is 26.7. The van der Waals surface area contributed by atoms with Crippen molar-refractivity contribution in [2.24, 2.45) is 5.73 Å². The van der Waals surface area contributed by atoms with Crippen LogP contribution in [-0.4, -0.2) is 49.3 Å². The lowest BCUT2D eigenvalue weighted by atomic mass is 10.1. The summed E-state index contributed by atoms with van der Waals surface area (Å²) in [6.45, 7) is 3.62. The summed E-state index contributed by atoms with van der Waals surface area (Å²) in [4.78, 5) is 34.4. The molecule has 0 aliphatic heterocycles. The fourth-order valence-corrected chi connectivity index (χ4v) is 5.16. The van der Waals surface area contributed by atoms with Crippen LogP contribution >= 0.6 is 7.82 Å². The van der Waals surface area contributed by atoms with Gasteiger partial charge in [0.15, 0.2) is 6.10 Å². The fraction of sp³-hybridized carbons (Fsp3) is 0.875. The molecule has 0 spiro atoms. The van der Waals surface area contributed by atoms with Crippen molar-refractivity contribution in [3.8, 4) is 0 Å². The zero-order valence-corrected chi connectivity index (χ0v) is 27.6. The number of carbonyl (C=O) groups is 2. The molecule has 0 radical (unpaired) electrons. The van der Waals surface area contributed by atoms with Gasteiger partial charge in [0.2, 0.25) is 0 Å². The highest BCUT2D eigenvalue weighted by molar-refractivity contribution is 7.47. The highest BCUT2D eigenvalue weighted by Crippen LogP contribution is 2.43. The van der Waals surface area contributed by atoms with E-state index in [0.29, 0.717) is 6.42 Å². The van der Waals surface area contributed by atoms with Gasteiger partial charge >= 0.3 is 19.8 Å². The van der Waals surface area contributed by atoms with Gasteiger partial charge in [-0.05, 0) is 32.1 Å². The fourth-order valence-electron chi connectivity index (χ4n) is 4.40. The molecule has 10 heteroatoms. The molecule has 0 rings (SSSR count). The lowest BCUT2D eigenvalue weighted by Gasteiger charge is -2.19. The lowest BCUT2D eigenvalue weighted by Crippen LogP contribution is -2.29. The highest BCUT2D eigenvalue weighted by atomic mass is 31.2. The first-order valence-corrected chi connectivity index (χ1v) is 18.2. The van der Waals surface area contributed by atoms with Crippen LogP contribution in [0.25, 0.3) is 0 Å². The van der Waals surface area contributed by atoms with Crippen LogP contribution in [0, 0.1) is 0 Å². The number of hydrogen-bond acceptors (Lipinski definition) is 8. The lowest BCUT2D eigenvalue weighted by molar-refractivity contribution is -0.161. The van der Waals surface area contributed by atoms with Crippen LogP contribution in [0.4, 0.5) is 0 Å². The molecule has 42 heavy (non-hydrogen) atoms. The summed E-state index contributed by atoms with van der Waals surface area (Å²) in [5.74, 6) is -0.841. The van der Waals surface area contributed by atoms with Crippen molar-refractivity contribution in [2.75, 3.05) is 26.4 Å². The van der Waals surface area contributed by atoms with Gasteiger partial charge in [-0.15, -0.1) is 0 Å². The monoisotopic (exact) mass is 619 g/mol. The van der Waals surface area contributed by atoms with E-state index in [1.807, 2.05) is 0 Å². The maximum absolute atomic E-state index is 12.4. The minimum atomic E-state index is -4.36. The molecule has 0 aromatic heterocycles. The van der Waals surface area contributed by atoms with Crippen LogP contribution in [0.15, 0.2) is 12.2 Å². The first kappa shape index (κ1) is 40.8. The van der Waals surface area contributed by atoms with Gasteiger partial charge in [-0.2, -0.15) is 0 Å². The van der Waals surface area contributed by atoms with Crippen LogP contribution in [0.1, 0.15) is 149 Å². The van der Waals surface area contributed by atoms with E-state index in [0.717, 1.165) is 57.8 Å². The van der Waals surface area contributed by atoms with Gasteiger partial charge in [-0.3, -0.25) is 18.6 Å². The number of carbonyl (C=O) groups excluding carboxylic acids is 2. The molecule has 3 N–H and O–H groups in total. The number of hydrogen-bond donors (Lipinski definition) is 2. The molecule has 248 valence electrons. The summed E-state index contributed by atoms with van der Waals surface area (Å²) >= 11 is 0. The van der Waals surface area contributed by atoms with Crippen molar-refractivity contribution in [1.82, 2.24) is 0 Å². The second-order valence-corrected chi connectivity index (χ2v) is 12.5. The summed E-state index contributed by atoms with van der Waals surface area (Å²) in [5, 5.41) is 0. The Morgan fingerprint density at radius 2 is 1.21 bits per heavy atom. The Balaban J connectivity index is 4.30. The minimum Gasteiger partial charge on any atom is -0.462 e. The van der Waals surface area contributed by atoms with Crippen LogP contribution < -0.4 is 5.73 Å². The largest absolute Gasteiger partial charge is 0.472 e. The summed E-state index contributed by atoms with van der Waals surface area (Å²) < 4.78 is 32.4. The number of phosphoric ester groups is 1. The summed E-state index contributed by atoms with van der Waals surface area (Å²) in [6.07, 6.45) is 25.3. The van der Waals surface area contributed by atoms with Gasteiger partial charge in [0.05, 0.1) is 13.2 Å². The topological polar surface area (TPSA) is 134 Å². The van der Waals surface area contributed by atoms with Gasteiger partial charge in [-0.1, -0.05) is 116 Å². The number of phosphoric acid groups is 1. The van der Waals surface area contributed by atoms with E-state index in [4.69, 9.17) is 24.3 Å². The van der Waals surface area contributed by atoms with Gasteiger partial charge in [0.1, 0.15) is 6.61 Å². The van der Waals surface area contributed by atoms with Gasteiger partial charge in [0.25, 0.3) is 0 Å². The maximum Gasteiger partial charge on any atom is 0.472 e. The van der Waals surface area contributed by atoms with Crippen molar-refractivity contribution < 1.29 is 37.6 Å². The summed E-state index contributed by atoms with van der Waals surface area (Å²) in [6, 6.07) is 0. The second kappa shape index (κ2) is 29.8. The quantitative estimate of drug-likeness (QED) is 0.0340. The van der Waals surface area contributed by atoms with Crippen molar-refractivity contribution in [2.45, 2.75) is 155 Å². The van der Waals surface area contributed by atoms with E-state index in [1.165, 1.54) is 57.8 Å². The van der Waals surface area contributed by atoms with Gasteiger partial charge in [0, 0.05) is 19.4 Å². The molecule has 2 atom stereocenters. The molecule has 0 amide bonds. The van der Waals surface area contributed by atoms with E-state index in [9.17, 15) is 19.0 Å². The Labute approximate surface area is 256 Å². The molecule has 0 fully saturated rings. The number of ether oxygens (including phenoxy) is 2. The normalized spacial score (nSPS) is 13.7. The molecule has 9 nitrogen and oxygen atoms in total. The van der Waals surface area contributed by atoms with Crippen LogP contribution in [0.5, 0.6) is 0 Å². The van der Waals surface area contributed by atoms with Crippen molar-refractivity contribution in [3.63, 3.8) is 0 Å². The van der Waals surface area contributed by atoms with E-state index in [1.54, 1.807) is 0 Å². The standard InChI is InChI=1S/C32H62NO8P/c1-3-5-7-9-11-13-15-17-18-20-22-24-31(34)38-28-30(29-40-42(36,37)39-27-26-33)41-32(35)25-23-21-19-16-14-12-10-8-6-4-2/h8,10,30H,3-7,9,11-29,33H2,1-2H3,(H,36,37)/b10-8-. The van der Waals surface area contributed by atoms with Gasteiger partial charge in [-0.25, -0.2) is 4.57 Å². The predicted octanol–water partition coefficient (Wildman–Crippen LogP) is 8.32. The van der Waals surface area contributed by atoms with E-state index >= 15 is 0 Å². The third kappa shape index (κ3) is 28.9. The molecule has 2 unspecified atom stereocenters. The number of esters is 2. The molecule has 0 aliphatic rings. The zero-order chi connectivity index (χ0) is 31.2. The Bertz CT molecular complexity index is 719. The van der Waals surface area contributed by atoms with Gasteiger partial charge < -0.3 is 20.1 Å². The number of nitrogens with two attached hydrogens (primary N) is 1. The van der Waals surface area contributed by atoms with Crippen LogP contribution in [0.3, 0.4) is 0 Å². The van der Waals surface area contributed by atoms with E-state index in [-0.39, 0.29) is 38.6 Å². The van der Waals surface area contributed by atoms with Crippen LogP contribution in [0.2, 0.25) is 0 Å². The predicted molar refractivity (Wildman–Crippen MR) is 169 cm³/mol. The van der Waals surface area contributed by atoms with Crippen molar-refractivity contribution >= 4 is 19.8 Å². The smallest absolute Gasteiger partial charge is 0.462 e. The Kier molecular flexibility index (Phi) is 28.9. The molecule has 0 bridgehead atoms. The Hall–Kier alpha value is -1.25. The summed E-state index contributed by atoms with van der Waals surface area (Å²) in [5.41, 5.74) is 5.31. The van der Waals surface area contributed by atoms with E-state index in [2.05, 4.69) is 26.0 Å². The molecule has 0 aromatic carbocycles. The SMILES string of the molecule is CCC/C=C\CCCCCCCC(=O)OC(COC(=O)CCCCCCCCCCCCC)COP(=O)(O)OCCN. The van der Waals surface area contributed by atoms with Crippen LogP contribution in [-0.2, 0) is 32.7 Å². The van der Waals surface area contributed by atoms with E-state index < -0.39 is 26.5 Å². The molecular formula is C32H62NO8P. The highest BCUT2D eigenvalue weighted by Gasteiger charge is 2.25. The van der Waals surface area contributed by atoms with Crippen molar-refractivity contribution in [1.29, 1.82) is 0 Å². The molecule has 0 aromatic rings.